The molecule has 0 saturated heterocycles. The molecule has 2 atom stereocenters. The molecule has 2 unspecified atom stereocenters. The molecule has 0 amide bonds. The van der Waals surface area contributed by atoms with E-state index in [0.717, 1.165) is 13.2 Å². The van der Waals surface area contributed by atoms with Gasteiger partial charge in [-0.25, -0.2) is 0 Å². The summed E-state index contributed by atoms with van der Waals surface area (Å²) in [4.78, 5) is 64.6. The monoisotopic (exact) mass is 423 g/mol. The van der Waals surface area contributed by atoms with Gasteiger partial charge in [0.2, 0.25) is 11.0 Å². The Balaban J connectivity index is 6.39. The smallest absolute Gasteiger partial charge is 0.335 e. The third-order valence-corrected chi connectivity index (χ3v) is 12.8. The Labute approximate surface area is 129 Å². The van der Waals surface area contributed by atoms with Gasteiger partial charge < -0.3 is 34.3 Å². The van der Waals surface area contributed by atoms with E-state index in [0.29, 0.717) is 0 Å². The highest BCUT2D eigenvalue weighted by Gasteiger charge is 2.57. The van der Waals surface area contributed by atoms with E-state index in [2.05, 4.69) is 0 Å². The summed E-state index contributed by atoms with van der Waals surface area (Å²) in [5.74, 6) is 0. The molecule has 0 aromatic heterocycles. The molecule has 0 rings (SSSR count). The lowest BCUT2D eigenvalue weighted by atomic mass is 10.7. The van der Waals surface area contributed by atoms with Crippen LogP contribution in [-0.2, 0) is 18.3 Å². The lowest BCUT2D eigenvalue weighted by molar-refractivity contribution is 0.220. The average Bonchev–Trinajstić information content (AvgIpc) is 2.21. The van der Waals surface area contributed by atoms with Crippen LogP contribution in [0.2, 0.25) is 0 Å². The van der Waals surface area contributed by atoms with Crippen LogP contribution in [0, 0.1) is 0 Å². The van der Waals surface area contributed by atoms with E-state index in [1.54, 1.807) is 0 Å². The standard InChI is InChI=1S/C5H17NO11P4S/c1-3-6(4(18(7,8)9)19(10,11)12)5(20(13,14)15)21(16,17)22-2/h4-5H,3H2,1-2H3,(H,16,17)(H2,7,8,9)(H2,10,11,12)(H2,13,14,15). The molecule has 0 radical (unpaired) electrons. The summed E-state index contributed by atoms with van der Waals surface area (Å²) in [7, 11) is -16.7. The summed E-state index contributed by atoms with van der Waals surface area (Å²) >= 11 is 0.116. The maximum absolute atomic E-state index is 12.0. The van der Waals surface area contributed by atoms with Crippen molar-refractivity contribution >= 4 is 40.7 Å². The van der Waals surface area contributed by atoms with Gasteiger partial charge in [0.25, 0.3) is 6.57 Å². The Morgan fingerprint density at radius 3 is 1.32 bits per heavy atom. The predicted octanol–water partition coefficient (Wildman–Crippen LogP) is -0.0430. The number of hydrogen-bond donors (Lipinski definition) is 7. The van der Waals surface area contributed by atoms with Crippen molar-refractivity contribution in [1.82, 2.24) is 4.90 Å². The first-order valence-corrected chi connectivity index (χ1v) is 13.9. The van der Waals surface area contributed by atoms with Crippen molar-refractivity contribution in [3.05, 3.63) is 0 Å². The molecule has 7 N–H and O–H groups in total. The SMILES string of the molecule is CCN(C(P(=O)(O)O)P(=O)(O)O)C(P(=O)(O)O)P(=O)(O)SC. The van der Waals surface area contributed by atoms with Gasteiger partial charge >= 0.3 is 22.8 Å². The van der Waals surface area contributed by atoms with Gasteiger partial charge in [-0.15, -0.1) is 0 Å². The predicted molar refractivity (Wildman–Crippen MR) is 79.4 cm³/mol. The van der Waals surface area contributed by atoms with Crippen molar-refractivity contribution in [2.75, 3.05) is 12.8 Å². The zero-order valence-electron chi connectivity index (χ0n) is 11.3. The van der Waals surface area contributed by atoms with Crippen LogP contribution in [0.3, 0.4) is 0 Å². The molecule has 12 nitrogen and oxygen atoms in total. The molecular weight excluding hydrogens is 406 g/mol. The first-order valence-electron chi connectivity index (χ1n) is 5.29. The summed E-state index contributed by atoms with van der Waals surface area (Å²) in [6.45, 7) is -4.41. The minimum atomic E-state index is -5.60. The maximum Gasteiger partial charge on any atom is 0.355 e. The van der Waals surface area contributed by atoms with Crippen LogP contribution in [0.1, 0.15) is 6.92 Å². The third kappa shape index (κ3) is 5.79. The van der Waals surface area contributed by atoms with Crippen molar-refractivity contribution in [1.29, 1.82) is 0 Å². The zero-order chi connectivity index (χ0) is 18.1. The van der Waals surface area contributed by atoms with E-state index >= 15 is 0 Å². The quantitative estimate of drug-likeness (QED) is 0.256. The summed E-state index contributed by atoms with van der Waals surface area (Å²) < 4.78 is 46.2. The summed E-state index contributed by atoms with van der Waals surface area (Å²) in [6.07, 6.45) is 1.02. The fraction of sp³-hybridized carbons (Fsp3) is 1.00. The van der Waals surface area contributed by atoms with Gasteiger partial charge in [0.05, 0.1) is 0 Å². The zero-order valence-corrected chi connectivity index (χ0v) is 15.7. The lowest BCUT2D eigenvalue weighted by Gasteiger charge is -2.38. The topological polar surface area (TPSA) is 213 Å². The van der Waals surface area contributed by atoms with E-state index in [9.17, 15) is 32.9 Å². The van der Waals surface area contributed by atoms with Crippen LogP contribution in [0.15, 0.2) is 0 Å². The fourth-order valence-corrected chi connectivity index (χ4v) is 11.0. The largest absolute Gasteiger partial charge is 0.355 e. The molecular formula is C5H17NO11P4S. The number of rotatable bonds is 8. The molecule has 0 heterocycles. The van der Waals surface area contributed by atoms with Crippen molar-refractivity contribution in [2.45, 2.75) is 18.0 Å². The second-order valence-electron chi connectivity index (χ2n) is 4.04. The fourth-order valence-electron chi connectivity index (χ4n) is 1.69. The first kappa shape index (κ1) is 22.9. The van der Waals surface area contributed by atoms with Crippen LogP contribution < -0.4 is 0 Å². The second-order valence-corrected chi connectivity index (χ2v) is 14.5. The van der Waals surface area contributed by atoms with Crippen LogP contribution in [0.4, 0.5) is 0 Å². The molecule has 0 aromatic rings. The average molecular weight is 423 g/mol. The van der Waals surface area contributed by atoms with Crippen molar-refractivity contribution in [3.63, 3.8) is 0 Å². The third-order valence-electron chi connectivity index (χ3n) is 2.41. The molecule has 17 heteroatoms. The Kier molecular flexibility index (Phi) is 7.78. The van der Waals surface area contributed by atoms with E-state index in [-0.39, 0.29) is 16.3 Å². The molecule has 0 saturated carbocycles. The van der Waals surface area contributed by atoms with Crippen LogP contribution in [0.5, 0.6) is 0 Å². The highest BCUT2D eigenvalue weighted by Crippen LogP contribution is 2.73. The summed E-state index contributed by atoms with van der Waals surface area (Å²) in [5.41, 5.74) is -5.62. The highest BCUT2D eigenvalue weighted by atomic mass is 32.7. The lowest BCUT2D eigenvalue weighted by Crippen LogP contribution is -2.42. The summed E-state index contributed by atoms with van der Waals surface area (Å²) in [5, 5.41) is 0. The Morgan fingerprint density at radius 1 is 0.818 bits per heavy atom. The van der Waals surface area contributed by atoms with Crippen molar-refractivity contribution < 1.29 is 52.5 Å². The first-order chi connectivity index (χ1) is 9.50. The second kappa shape index (κ2) is 7.45. The Bertz CT molecular complexity index is 555. The van der Waals surface area contributed by atoms with Crippen molar-refractivity contribution in [2.24, 2.45) is 0 Å². The van der Waals surface area contributed by atoms with Gasteiger partial charge in [-0.1, -0.05) is 18.3 Å². The Morgan fingerprint density at radius 2 is 1.14 bits per heavy atom. The minimum Gasteiger partial charge on any atom is -0.335 e. The van der Waals surface area contributed by atoms with E-state index < -0.39 is 47.0 Å². The van der Waals surface area contributed by atoms with E-state index in [1.165, 1.54) is 0 Å². The molecule has 0 fully saturated rings. The van der Waals surface area contributed by atoms with Crippen molar-refractivity contribution in [3.8, 4) is 0 Å². The van der Waals surface area contributed by atoms with Gasteiger partial charge in [0.15, 0.2) is 0 Å². The molecule has 0 bridgehead atoms. The van der Waals surface area contributed by atoms with E-state index in [4.69, 9.17) is 19.6 Å². The Hall–Kier alpha value is 0.950. The van der Waals surface area contributed by atoms with Crippen LogP contribution >= 0.6 is 40.7 Å². The molecule has 0 aliphatic rings. The van der Waals surface area contributed by atoms with E-state index in [1.807, 2.05) is 0 Å². The highest BCUT2D eigenvalue weighted by molar-refractivity contribution is 8.57. The molecule has 0 spiro atoms. The van der Waals surface area contributed by atoms with Gasteiger partial charge in [-0.3, -0.25) is 23.2 Å². The van der Waals surface area contributed by atoms with Gasteiger partial charge in [0, 0.05) is 0 Å². The maximum atomic E-state index is 12.0. The van der Waals surface area contributed by atoms with Gasteiger partial charge in [-0.05, 0) is 12.8 Å². The number of hydrogen-bond acceptors (Lipinski definition) is 6. The minimum absolute atomic E-state index is 0.000386. The number of nitrogens with zero attached hydrogens (tertiary/aromatic N) is 1. The molecule has 134 valence electrons. The van der Waals surface area contributed by atoms with Crippen LogP contribution in [-0.4, -0.2) is 63.0 Å². The molecule has 22 heavy (non-hydrogen) atoms. The molecule has 0 aliphatic heterocycles. The summed E-state index contributed by atoms with van der Waals surface area (Å²) in [6, 6.07) is 0. The molecule has 0 aromatic carbocycles. The molecule has 0 aliphatic carbocycles. The normalized spacial score (nSPS) is 18.5. The van der Waals surface area contributed by atoms with Gasteiger partial charge in [-0.2, -0.15) is 0 Å². The van der Waals surface area contributed by atoms with Crippen LogP contribution in [0.25, 0.3) is 0 Å². The van der Waals surface area contributed by atoms with Gasteiger partial charge in [0.1, 0.15) is 0 Å².